The molecular formula is C16H14F3NO4S3. The van der Waals surface area contributed by atoms with Crippen LogP contribution in [0.3, 0.4) is 0 Å². The van der Waals surface area contributed by atoms with E-state index < -0.39 is 33.1 Å². The van der Waals surface area contributed by atoms with Gasteiger partial charge in [-0.05, 0) is 29.1 Å². The Balaban J connectivity index is 1.94. The molecule has 0 unspecified atom stereocenters. The van der Waals surface area contributed by atoms with Crippen LogP contribution in [0.1, 0.15) is 26.2 Å². The van der Waals surface area contributed by atoms with Crippen LogP contribution in [0, 0.1) is 0 Å². The van der Waals surface area contributed by atoms with Crippen molar-refractivity contribution in [3.63, 3.8) is 0 Å². The third kappa shape index (κ3) is 3.86. The number of sulfonamides is 1. The van der Waals surface area contributed by atoms with Gasteiger partial charge in [0.25, 0.3) is 0 Å². The number of alkyl halides is 3. The fourth-order valence-electron chi connectivity index (χ4n) is 2.67. The molecule has 1 fully saturated rings. The molecule has 0 radical (unpaired) electrons. The highest BCUT2D eigenvalue weighted by atomic mass is 32.2. The zero-order valence-corrected chi connectivity index (χ0v) is 16.3. The number of nitrogens with zero attached hydrogens (tertiary/aromatic N) is 1. The molecule has 5 nitrogen and oxygen atoms in total. The number of carbonyl (C=O) groups is 1. The van der Waals surface area contributed by atoms with Gasteiger partial charge in [0.05, 0.1) is 18.0 Å². The Labute approximate surface area is 162 Å². The molecule has 0 aliphatic carbocycles. The van der Waals surface area contributed by atoms with E-state index in [1.807, 2.05) is 0 Å². The summed E-state index contributed by atoms with van der Waals surface area (Å²) in [5.74, 6) is -0.260. The van der Waals surface area contributed by atoms with Crippen LogP contribution >= 0.6 is 23.1 Å². The lowest BCUT2D eigenvalue weighted by Gasteiger charge is -2.23. The van der Waals surface area contributed by atoms with Gasteiger partial charge < -0.3 is 4.74 Å². The van der Waals surface area contributed by atoms with Crippen molar-refractivity contribution in [2.24, 2.45) is 0 Å². The number of hydrogen-bond donors (Lipinski definition) is 0. The Morgan fingerprint density at radius 3 is 2.48 bits per heavy atom. The monoisotopic (exact) mass is 437 g/mol. The van der Waals surface area contributed by atoms with Gasteiger partial charge in [0, 0.05) is 12.3 Å². The maximum Gasteiger partial charge on any atom is 0.416 e. The molecule has 146 valence electrons. The topological polar surface area (TPSA) is 63.7 Å². The first-order chi connectivity index (χ1) is 12.7. The second kappa shape index (κ2) is 7.46. The van der Waals surface area contributed by atoms with Crippen molar-refractivity contribution in [2.75, 3.05) is 19.4 Å². The van der Waals surface area contributed by atoms with Crippen LogP contribution in [0.25, 0.3) is 0 Å². The average molecular weight is 437 g/mol. The van der Waals surface area contributed by atoms with Crippen LogP contribution in [0.4, 0.5) is 13.2 Å². The van der Waals surface area contributed by atoms with Gasteiger partial charge in [-0.25, -0.2) is 13.2 Å². The van der Waals surface area contributed by atoms with E-state index in [0.717, 1.165) is 30.6 Å². The molecule has 0 bridgehead atoms. The van der Waals surface area contributed by atoms with E-state index in [0.29, 0.717) is 11.3 Å². The largest absolute Gasteiger partial charge is 0.465 e. The van der Waals surface area contributed by atoms with Crippen molar-refractivity contribution in [2.45, 2.75) is 16.4 Å². The molecule has 1 aliphatic heterocycles. The average Bonchev–Trinajstić information content (AvgIpc) is 3.30. The molecule has 0 spiro atoms. The zero-order valence-electron chi connectivity index (χ0n) is 13.9. The van der Waals surface area contributed by atoms with Crippen molar-refractivity contribution in [3.8, 4) is 0 Å². The number of thioether (sulfide) groups is 1. The first kappa shape index (κ1) is 20.2. The lowest BCUT2D eigenvalue weighted by molar-refractivity contribution is -0.137. The minimum Gasteiger partial charge on any atom is -0.465 e. The van der Waals surface area contributed by atoms with Crippen LogP contribution < -0.4 is 0 Å². The Kier molecular flexibility index (Phi) is 5.57. The summed E-state index contributed by atoms with van der Waals surface area (Å²) in [7, 11) is -2.86. The molecule has 1 aromatic carbocycles. The predicted molar refractivity (Wildman–Crippen MR) is 96.2 cm³/mol. The van der Waals surface area contributed by atoms with Gasteiger partial charge in [0.15, 0.2) is 0 Å². The maximum absolute atomic E-state index is 13.1. The van der Waals surface area contributed by atoms with Crippen LogP contribution in [0.2, 0.25) is 0 Å². The standard InChI is InChI=1S/C16H14F3NO4S3/c1-24-15(21)13-12(6-8-25-13)27(22,23)20-7-9-26-14(20)10-2-4-11(5-3-10)16(17,18)19/h2-6,8,14H,7,9H2,1H3/t14-/m0/s1. The quantitative estimate of drug-likeness (QED) is 0.677. The van der Waals surface area contributed by atoms with E-state index in [4.69, 9.17) is 0 Å². The highest BCUT2D eigenvalue weighted by molar-refractivity contribution is 8.01. The number of rotatable bonds is 4. The van der Waals surface area contributed by atoms with E-state index in [9.17, 15) is 26.4 Å². The lowest BCUT2D eigenvalue weighted by atomic mass is 10.1. The molecule has 1 aromatic heterocycles. The van der Waals surface area contributed by atoms with Gasteiger partial charge >= 0.3 is 12.1 Å². The SMILES string of the molecule is COC(=O)c1sccc1S(=O)(=O)N1CCS[C@H]1c1ccc(C(F)(F)F)cc1. The summed E-state index contributed by atoms with van der Waals surface area (Å²) in [6.07, 6.45) is -4.46. The zero-order chi connectivity index (χ0) is 19.8. The summed E-state index contributed by atoms with van der Waals surface area (Å²) >= 11 is 2.27. The van der Waals surface area contributed by atoms with Gasteiger partial charge in [0.2, 0.25) is 10.0 Å². The smallest absolute Gasteiger partial charge is 0.416 e. The normalized spacial score (nSPS) is 18.6. The number of esters is 1. The third-order valence-corrected chi connectivity index (χ3v) is 8.28. The van der Waals surface area contributed by atoms with Crippen LogP contribution in [0.15, 0.2) is 40.6 Å². The predicted octanol–water partition coefficient (Wildman–Crippen LogP) is 3.99. The van der Waals surface area contributed by atoms with Gasteiger partial charge in [-0.15, -0.1) is 23.1 Å². The Hall–Kier alpha value is -1.56. The minimum absolute atomic E-state index is 0.0273. The highest BCUT2D eigenvalue weighted by Gasteiger charge is 2.39. The Bertz CT molecular complexity index is 939. The van der Waals surface area contributed by atoms with E-state index >= 15 is 0 Å². The molecule has 1 atom stereocenters. The fourth-order valence-corrected chi connectivity index (χ4v) is 7.22. The Morgan fingerprint density at radius 1 is 1.22 bits per heavy atom. The second-order valence-corrected chi connectivity index (χ2v) is 9.53. The first-order valence-corrected chi connectivity index (χ1v) is 11.0. The number of carbonyl (C=O) groups excluding carboxylic acids is 1. The molecule has 2 aromatic rings. The number of methoxy groups -OCH3 is 1. The summed E-state index contributed by atoms with van der Waals surface area (Å²) in [5, 5.41) is 0.817. The lowest BCUT2D eigenvalue weighted by Crippen LogP contribution is -2.31. The molecule has 0 N–H and O–H groups in total. The molecule has 2 heterocycles. The summed E-state index contributed by atoms with van der Waals surface area (Å²) in [6, 6.07) is 5.76. The molecule has 1 saturated heterocycles. The van der Waals surface area contributed by atoms with Crippen LogP contribution in [-0.2, 0) is 20.9 Å². The highest BCUT2D eigenvalue weighted by Crippen LogP contribution is 2.43. The fraction of sp³-hybridized carbons (Fsp3) is 0.312. The summed E-state index contributed by atoms with van der Waals surface area (Å²) in [6.45, 7) is 0.190. The molecule has 27 heavy (non-hydrogen) atoms. The molecule has 11 heteroatoms. The number of thiophene rings is 1. The number of hydrogen-bond acceptors (Lipinski definition) is 6. The molecule has 3 rings (SSSR count). The van der Waals surface area contributed by atoms with Gasteiger partial charge in [0.1, 0.15) is 9.77 Å². The number of benzene rings is 1. The molecule has 1 aliphatic rings. The maximum atomic E-state index is 13.1. The molecule has 0 saturated carbocycles. The van der Waals surface area contributed by atoms with Gasteiger partial charge in [-0.3, -0.25) is 0 Å². The van der Waals surface area contributed by atoms with E-state index in [2.05, 4.69) is 4.74 Å². The van der Waals surface area contributed by atoms with Crippen molar-refractivity contribution in [3.05, 3.63) is 51.7 Å². The van der Waals surface area contributed by atoms with Crippen molar-refractivity contribution in [1.29, 1.82) is 0 Å². The van der Waals surface area contributed by atoms with E-state index in [-0.39, 0.29) is 16.3 Å². The van der Waals surface area contributed by atoms with Gasteiger partial charge in [-0.1, -0.05) is 12.1 Å². The number of ether oxygens (including phenoxy) is 1. The van der Waals surface area contributed by atoms with Crippen molar-refractivity contribution < 1.29 is 31.1 Å². The third-order valence-electron chi connectivity index (χ3n) is 3.96. The summed E-state index contributed by atoms with van der Waals surface area (Å²) < 4.78 is 70.2. The van der Waals surface area contributed by atoms with Crippen molar-refractivity contribution in [1.82, 2.24) is 4.31 Å². The first-order valence-electron chi connectivity index (χ1n) is 7.62. The summed E-state index contributed by atoms with van der Waals surface area (Å²) in [5.41, 5.74) is -0.349. The van der Waals surface area contributed by atoms with Gasteiger partial charge in [-0.2, -0.15) is 17.5 Å². The number of halogens is 3. The van der Waals surface area contributed by atoms with E-state index in [1.165, 1.54) is 39.6 Å². The Morgan fingerprint density at radius 2 is 1.89 bits per heavy atom. The summed E-state index contributed by atoms with van der Waals surface area (Å²) in [4.78, 5) is 11.7. The van der Waals surface area contributed by atoms with Crippen LogP contribution in [-0.4, -0.2) is 38.1 Å². The minimum atomic E-state index is -4.46. The molecular weight excluding hydrogens is 423 g/mol. The van der Waals surface area contributed by atoms with E-state index in [1.54, 1.807) is 0 Å². The van der Waals surface area contributed by atoms with Crippen molar-refractivity contribution >= 4 is 39.1 Å². The van der Waals surface area contributed by atoms with Crippen LogP contribution in [0.5, 0.6) is 0 Å². The molecule has 0 amide bonds. The second-order valence-electron chi connectivity index (χ2n) is 5.56.